The number of rotatable bonds is 12. The highest BCUT2D eigenvalue weighted by molar-refractivity contribution is 6.37. The van der Waals surface area contributed by atoms with Crippen LogP contribution >= 0.6 is 23.2 Å². The lowest BCUT2D eigenvalue weighted by atomic mass is 9.95. The van der Waals surface area contributed by atoms with E-state index in [9.17, 15) is 24.8 Å². The minimum atomic E-state index is -1.25. The summed E-state index contributed by atoms with van der Waals surface area (Å²) in [5.74, 6) is 0.534. The largest absolute Gasteiger partial charge is 0.490 e. The van der Waals surface area contributed by atoms with E-state index in [0.717, 1.165) is 0 Å². The van der Waals surface area contributed by atoms with Crippen LogP contribution in [0.25, 0.3) is 11.3 Å². The molecule has 0 unspecified atom stereocenters. The molecule has 2 aromatic carbocycles. The maximum absolute atomic E-state index is 12.4. The minimum absolute atomic E-state index is 0.1000. The Kier molecular flexibility index (Phi) is 10.3. The number of nitrogens with zero attached hydrogens (tertiary/aromatic N) is 2. The van der Waals surface area contributed by atoms with Gasteiger partial charge in [0.05, 0.1) is 41.5 Å². The van der Waals surface area contributed by atoms with Gasteiger partial charge in [-0.1, -0.05) is 29.3 Å². The molecule has 16 heteroatoms. The summed E-state index contributed by atoms with van der Waals surface area (Å²) < 4.78 is 22.0. The predicted molar refractivity (Wildman–Crippen MR) is 160 cm³/mol. The van der Waals surface area contributed by atoms with Gasteiger partial charge in [-0.25, -0.2) is 9.59 Å². The number of methoxy groups -OCH3 is 1. The van der Waals surface area contributed by atoms with Gasteiger partial charge in [0.2, 0.25) is 0 Å². The molecule has 232 valence electrons. The molecule has 44 heavy (non-hydrogen) atoms. The SMILES string of the molecule is CCOc1cc([C@@H]2NC(=O)NC(C)=C2C(=O)OC)ccc1OC[C@@H](O)N/N=C\c1ccc(-c2cc([N+](=O)[O-])c(Cl)cc2Cl)o1. The Morgan fingerprint density at radius 1 is 1.20 bits per heavy atom. The minimum Gasteiger partial charge on any atom is -0.490 e. The summed E-state index contributed by atoms with van der Waals surface area (Å²) >= 11 is 12.1. The molecule has 4 rings (SSSR count). The molecule has 0 radical (unpaired) electrons. The first kappa shape index (κ1) is 32.1. The van der Waals surface area contributed by atoms with Gasteiger partial charge in [0.25, 0.3) is 5.69 Å². The van der Waals surface area contributed by atoms with E-state index < -0.39 is 29.2 Å². The zero-order valence-electron chi connectivity index (χ0n) is 23.6. The van der Waals surface area contributed by atoms with Crippen LogP contribution < -0.4 is 25.5 Å². The zero-order valence-corrected chi connectivity index (χ0v) is 25.1. The number of furan rings is 1. The Bertz CT molecular complexity index is 1640. The third-order valence-electron chi connectivity index (χ3n) is 6.21. The first-order valence-corrected chi connectivity index (χ1v) is 13.7. The molecule has 1 aliphatic heterocycles. The van der Waals surface area contributed by atoms with Crippen LogP contribution in [0.3, 0.4) is 0 Å². The fourth-order valence-electron chi connectivity index (χ4n) is 4.24. The molecule has 1 aliphatic rings. The van der Waals surface area contributed by atoms with E-state index >= 15 is 0 Å². The molecule has 0 saturated carbocycles. The van der Waals surface area contributed by atoms with Gasteiger partial charge < -0.3 is 34.4 Å². The smallest absolute Gasteiger partial charge is 0.337 e. The second kappa shape index (κ2) is 14.1. The van der Waals surface area contributed by atoms with Gasteiger partial charge in [-0.05, 0) is 49.7 Å². The predicted octanol–water partition coefficient (Wildman–Crippen LogP) is 4.68. The number of nitro benzene ring substituents is 1. The van der Waals surface area contributed by atoms with E-state index in [2.05, 4.69) is 21.2 Å². The quantitative estimate of drug-likeness (QED) is 0.0706. The molecule has 0 aliphatic carbocycles. The first-order chi connectivity index (χ1) is 21.0. The summed E-state index contributed by atoms with van der Waals surface area (Å²) in [4.78, 5) is 35.1. The number of carbonyl (C=O) groups excluding carboxylic acids is 2. The molecule has 0 fully saturated rings. The molecule has 14 nitrogen and oxygen atoms in total. The summed E-state index contributed by atoms with van der Waals surface area (Å²) in [5.41, 5.74) is 3.60. The number of urea groups is 1. The number of nitrogens with one attached hydrogen (secondary N) is 3. The van der Waals surface area contributed by atoms with Crippen LogP contribution in [0.1, 0.15) is 31.2 Å². The number of ether oxygens (including phenoxy) is 3. The third kappa shape index (κ3) is 7.40. The van der Waals surface area contributed by atoms with Crippen molar-refractivity contribution in [2.45, 2.75) is 26.1 Å². The van der Waals surface area contributed by atoms with Crippen LogP contribution in [-0.2, 0) is 9.53 Å². The van der Waals surface area contributed by atoms with E-state index in [1.807, 2.05) is 0 Å². The van der Waals surface area contributed by atoms with E-state index in [4.69, 9.17) is 41.8 Å². The van der Waals surface area contributed by atoms with Crippen LogP contribution in [-0.4, -0.2) is 54.8 Å². The van der Waals surface area contributed by atoms with Gasteiger partial charge in [-0.15, -0.1) is 0 Å². The van der Waals surface area contributed by atoms with Crippen LogP contribution in [0.5, 0.6) is 11.5 Å². The number of aliphatic hydroxyl groups is 1. The van der Waals surface area contributed by atoms with Gasteiger partial charge in [-0.3, -0.25) is 15.5 Å². The van der Waals surface area contributed by atoms with Crippen molar-refractivity contribution in [1.29, 1.82) is 0 Å². The van der Waals surface area contributed by atoms with E-state index in [-0.39, 0.29) is 45.0 Å². The topological polar surface area (TPSA) is 187 Å². The Hall–Kier alpha value is -4.79. The number of allylic oxidation sites excluding steroid dienone is 1. The summed E-state index contributed by atoms with van der Waals surface area (Å²) in [7, 11) is 1.25. The van der Waals surface area contributed by atoms with Crippen LogP contribution in [0, 0.1) is 10.1 Å². The van der Waals surface area contributed by atoms with E-state index in [1.165, 1.54) is 25.5 Å². The molecule has 0 saturated heterocycles. The molecule has 0 spiro atoms. The number of aliphatic hydroxyl groups excluding tert-OH is 1. The average Bonchev–Trinajstić information content (AvgIpc) is 3.44. The molecular weight excluding hydrogens is 621 g/mol. The van der Waals surface area contributed by atoms with Crippen molar-refractivity contribution in [2.75, 3.05) is 20.3 Å². The molecule has 0 bridgehead atoms. The number of amides is 2. The van der Waals surface area contributed by atoms with Crippen LogP contribution in [0.15, 0.2) is 63.3 Å². The van der Waals surface area contributed by atoms with Crippen molar-refractivity contribution in [2.24, 2.45) is 5.10 Å². The van der Waals surface area contributed by atoms with Gasteiger partial charge >= 0.3 is 12.0 Å². The van der Waals surface area contributed by atoms with Crippen molar-refractivity contribution in [3.63, 3.8) is 0 Å². The Morgan fingerprint density at radius 3 is 2.68 bits per heavy atom. The lowest BCUT2D eigenvalue weighted by molar-refractivity contribution is -0.384. The van der Waals surface area contributed by atoms with Gasteiger partial charge in [-0.2, -0.15) is 5.10 Å². The van der Waals surface area contributed by atoms with Gasteiger partial charge in [0.15, 0.2) is 17.7 Å². The summed E-state index contributed by atoms with van der Waals surface area (Å²) in [6, 6.07) is 9.19. The number of hydrazone groups is 1. The Balaban J connectivity index is 1.41. The van der Waals surface area contributed by atoms with E-state index in [0.29, 0.717) is 29.4 Å². The number of hydrogen-bond donors (Lipinski definition) is 4. The number of esters is 1. The lowest BCUT2D eigenvalue weighted by Crippen LogP contribution is -2.45. The number of hydrogen-bond acceptors (Lipinski definition) is 11. The maximum Gasteiger partial charge on any atom is 0.337 e. The van der Waals surface area contributed by atoms with Crippen LogP contribution in [0.4, 0.5) is 10.5 Å². The third-order valence-corrected chi connectivity index (χ3v) is 6.83. The molecule has 2 heterocycles. The van der Waals surface area contributed by atoms with E-state index in [1.54, 1.807) is 44.2 Å². The lowest BCUT2D eigenvalue weighted by Gasteiger charge is -2.28. The van der Waals surface area contributed by atoms with Gasteiger partial charge in [0, 0.05) is 17.3 Å². The highest BCUT2D eigenvalue weighted by Crippen LogP contribution is 2.37. The van der Waals surface area contributed by atoms with Crippen molar-refractivity contribution in [1.82, 2.24) is 16.1 Å². The maximum atomic E-state index is 12.4. The standard InChI is InChI=1S/C28H27Cl2N5O9/c1-4-42-23-9-15(26-25(27(37)41-3)14(2)32-28(38)33-26)5-7-22(23)43-13-24(36)34-31-12-16-6-8-21(44-16)17-10-20(35(39)40)19(30)11-18(17)29/h5-12,24,26,34,36H,4,13H2,1-3H3,(H2,32,33,38)/b31-12-/t24-,26+/m1/s1. The molecule has 3 aromatic rings. The van der Waals surface area contributed by atoms with Crippen molar-refractivity contribution < 1.29 is 38.2 Å². The summed E-state index contributed by atoms with van der Waals surface area (Å²) in [6.07, 6.45) is 0.0380. The van der Waals surface area contributed by atoms with Gasteiger partial charge in [0.1, 0.15) is 23.2 Å². The number of carbonyl (C=O) groups is 2. The van der Waals surface area contributed by atoms with Crippen molar-refractivity contribution in [3.05, 3.63) is 85.2 Å². The molecule has 1 aromatic heterocycles. The highest BCUT2D eigenvalue weighted by atomic mass is 35.5. The number of nitro groups is 1. The fourth-order valence-corrected chi connectivity index (χ4v) is 4.79. The summed E-state index contributed by atoms with van der Waals surface area (Å²) in [5, 5.41) is 30.8. The number of benzene rings is 2. The average molecular weight is 648 g/mol. The Labute approximate surface area is 260 Å². The first-order valence-electron chi connectivity index (χ1n) is 13.0. The fraction of sp³-hybridized carbons (Fsp3) is 0.250. The molecule has 4 N–H and O–H groups in total. The highest BCUT2D eigenvalue weighted by Gasteiger charge is 2.32. The molecule has 2 atom stereocenters. The normalized spacial score (nSPS) is 15.4. The second-order valence-corrected chi connectivity index (χ2v) is 9.97. The van der Waals surface area contributed by atoms with Crippen LogP contribution in [0.2, 0.25) is 10.0 Å². The Morgan fingerprint density at radius 2 is 1.98 bits per heavy atom. The monoisotopic (exact) mass is 647 g/mol. The summed E-state index contributed by atoms with van der Waals surface area (Å²) in [6.45, 7) is 3.44. The molecule has 2 amide bonds. The zero-order chi connectivity index (χ0) is 32.0. The van der Waals surface area contributed by atoms with Crippen molar-refractivity contribution in [3.8, 4) is 22.8 Å². The van der Waals surface area contributed by atoms with Crippen molar-refractivity contribution >= 4 is 47.1 Å². The second-order valence-electron chi connectivity index (χ2n) is 9.16. The molecular formula is C28H27Cl2N5O9. The number of halogens is 2.